The number of fused-ring (bicyclic) bond motifs is 5. The molecular weight excluding hydrogens is 384 g/mol. The van der Waals surface area contributed by atoms with Crippen molar-refractivity contribution in [2.75, 3.05) is 0 Å². The Balaban J connectivity index is 1.50. The van der Waals surface area contributed by atoms with Crippen LogP contribution >= 0.6 is 0 Å². The highest BCUT2D eigenvalue weighted by molar-refractivity contribution is 5.83. The van der Waals surface area contributed by atoms with Crippen molar-refractivity contribution in [3.63, 3.8) is 0 Å². The third-order valence-corrected chi connectivity index (χ3v) is 10.8. The summed E-state index contributed by atoms with van der Waals surface area (Å²) in [5.41, 5.74) is 0.668. The molecule has 0 aromatic heterocycles. The van der Waals surface area contributed by atoms with Crippen LogP contribution in [0.2, 0.25) is 0 Å². The number of rotatable bonds is 4. The van der Waals surface area contributed by atoms with Crippen molar-refractivity contribution in [3.05, 3.63) is 0 Å². The lowest BCUT2D eigenvalue weighted by Crippen LogP contribution is -2.59. The lowest BCUT2D eigenvalue weighted by atomic mass is 9.44. The minimum absolute atomic E-state index is 0.0509. The predicted molar refractivity (Wildman–Crippen MR) is 125 cm³/mol. The number of hydrogen-bond donors (Lipinski definition) is 2. The van der Waals surface area contributed by atoms with Crippen LogP contribution in [0.15, 0.2) is 0 Å². The largest absolute Gasteiger partial charge is 0.390 e. The molecule has 0 aromatic rings. The molecule has 4 fully saturated rings. The minimum Gasteiger partial charge on any atom is -0.390 e. The molecule has 0 spiro atoms. The minimum atomic E-state index is -0.725. The summed E-state index contributed by atoms with van der Waals surface area (Å²) in [4.78, 5) is 13.3. The Kier molecular flexibility index (Phi) is 6.21. The smallest absolute Gasteiger partial charge is 0.136 e. The van der Waals surface area contributed by atoms with Crippen molar-refractivity contribution >= 4 is 5.78 Å². The van der Waals surface area contributed by atoms with Gasteiger partial charge in [0, 0.05) is 12.3 Å². The van der Waals surface area contributed by atoms with Crippen molar-refractivity contribution < 1.29 is 15.0 Å². The molecule has 4 rings (SSSR count). The first-order valence-corrected chi connectivity index (χ1v) is 13.3. The molecule has 2 N–H and O–H groups in total. The van der Waals surface area contributed by atoms with Crippen LogP contribution in [0.4, 0.5) is 0 Å². The summed E-state index contributed by atoms with van der Waals surface area (Å²) >= 11 is 0. The molecule has 178 valence electrons. The second kappa shape index (κ2) is 8.12. The first-order valence-electron chi connectivity index (χ1n) is 13.3. The van der Waals surface area contributed by atoms with Gasteiger partial charge in [0.1, 0.15) is 5.78 Å². The Hall–Kier alpha value is -0.410. The van der Waals surface area contributed by atoms with E-state index in [1.165, 1.54) is 44.9 Å². The van der Waals surface area contributed by atoms with Gasteiger partial charge in [0.2, 0.25) is 0 Å². The molecule has 3 nitrogen and oxygen atoms in total. The standard InChI is InChI=1S/C28H48O3/c1-17(8-7-12-26(2,3)4)19-9-10-20-18-14-23(29)22-15-24(30)25(31)16-28(22,6)21(18)11-13-27(19,20)5/h17-22,24-25,30-31H,7-16H2,1-6H3/t17-,18+,19-,20+,21+,22-,24+,25-,27-,28-/m1/s1. The van der Waals surface area contributed by atoms with E-state index in [-0.39, 0.29) is 11.3 Å². The van der Waals surface area contributed by atoms with Gasteiger partial charge in [-0.3, -0.25) is 4.79 Å². The Morgan fingerprint density at radius 1 is 1.03 bits per heavy atom. The highest BCUT2D eigenvalue weighted by atomic mass is 16.3. The van der Waals surface area contributed by atoms with E-state index in [9.17, 15) is 15.0 Å². The van der Waals surface area contributed by atoms with Crippen LogP contribution < -0.4 is 0 Å². The number of aliphatic hydroxyl groups excluding tert-OH is 2. The fourth-order valence-electron chi connectivity index (χ4n) is 9.20. The molecule has 3 heteroatoms. The SMILES string of the molecule is C[C@H](CCCC(C)(C)C)[C@H]1CC[C@H]2[C@@H]3CC(=O)[C@H]4C[C@H](O)[C@H](O)C[C@]4(C)[C@H]3CC[C@]12C. The molecule has 0 unspecified atom stereocenters. The number of carbonyl (C=O) groups excluding carboxylic acids is 1. The lowest BCUT2D eigenvalue weighted by Gasteiger charge is -2.61. The normalized spacial score (nSPS) is 48.6. The van der Waals surface area contributed by atoms with E-state index in [2.05, 4.69) is 41.5 Å². The third kappa shape index (κ3) is 4.05. The second-order valence-corrected chi connectivity index (χ2v) is 13.8. The molecule has 31 heavy (non-hydrogen) atoms. The number of hydrogen-bond acceptors (Lipinski definition) is 3. The van der Waals surface area contributed by atoms with Crippen LogP contribution in [0.5, 0.6) is 0 Å². The van der Waals surface area contributed by atoms with Crippen LogP contribution in [0.25, 0.3) is 0 Å². The molecule has 0 aromatic carbocycles. The Morgan fingerprint density at radius 3 is 2.39 bits per heavy atom. The highest BCUT2D eigenvalue weighted by Gasteiger charge is 2.63. The maximum Gasteiger partial charge on any atom is 0.136 e. The first-order chi connectivity index (χ1) is 14.4. The van der Waals surface area contributed by atoms with Crippen LogP contribution in [0.3, 0.4) is 0 Å². The van der Waals surface area contributed by atoms with Crippen molar-refractivity contribution in [1.29, 1.82) is 0 Å². The van der Waals surface area contributed by atoms with Gasteiger partial charge in [-0.2, -0.15) is 0 Å². The van der Waals surface area contributed by atoms with E-state index >= 15 is 0 Å². The Morgan fingerprint density at radius 2 is 1.71 bits per heavy atom. The maximum atomic E-state index is 13.3. The number of aliphatic hydroxyl groups is 2. The first kappa shape index (κ1) is 23.7. The molecule has 0 amide bonds. The van der Waals surface area contributed by atoms with E-state index in [0.717, 1.165) is 18.3 Å². The quantitative estimate of drug-likeness (QED) is 0.572. The Bertz CT molecular complexity index is 680. The van der Waals surface area contributed by atoms with Crippen LogP contribution in [-0.4, -0.2) is 28.2 Å². The molecule has 0 bridgehead atoms. The average Bonchev–Trinajstić information content (AvgIpc) is 3.00. The van der Waals surface area contributed by atoms with E-state index in [1.54, 1.807) is 0 Å². The molecule has 4 aliphatic rings. The summed E-state index contributed by atoms with van der Waals surface area (Å²) in [5.74, 6) is 3.56. The third-order valence-electron chi connectivity index (χ3n) is 10.8. The average molecular weight is 433 g/mol. The second-order valence-electron chi connectivity index (χ2n) is 13.8. The summed E-state index contributed by atoms with van der Waals surface area (Å²) < 4.78 is 0. The Labute approximate surface area is 190 Å². The number of Topliss-reactive ketones (excluding diaryl/α,β-unsaturated/α-hetero) is 1. The van der Waals surface area contributed by atoms with Gasteiger partial charge in [0.05, 0.1) is 12.2 Å². The zero-order valence-corrected chi connectivity index (χ0v) is 21.0. The van der Waals surface area contributed by atoms with Gasteiger partial charge in [0.25, 0.3) is 0 Å². The van der Waals surface area contributed by atoms with Gasteiger partial charge < -0.3 is 10.2 Å². The van der Waals surface area contributed by atoms with Crippen molar-refractivity contribution in [2.45, 2.75) is 118 Å². The maximum absolute atomic E-state index is 13.3. The molecule has 0 heterocycles. The van der Waals surface area contributed by atoms with Gasteiger partial charge in [-0.05, 0) is 90.8 Å². The summed E-state index contributed by atoms with van der Waals surface area (Å²) in [6.45, 7) is 14.4. The molecule has 4 saturated carbocycles. The zero-order valence-electron chi connectivity index (χ0n) is 21.0. The molecule has 0 radical (unpaired) electrons. The molecule has 0 aliphatic heterocycles. The topological polar surface area (TPSA) is 57.5 Å². The van der Waals surface area contributed by atoms with Gasteiger partial charge in [-0.1, -0.05) is 54.4 Å². The monoisotopic (exact) mass is 432 g/mol. The zero-order chi connectivity index (χ0) is 22.8. The highest BCUT2D eigenvalue weighted by Crippen LogP contribution is 2.67. The van der Waals surface area contributed by atoms with E-state index in [4.69, 9.17) is 0 Å². The van der Waals surface area contributed by atoms with Crippen LogP contribution in [-0.2, 0) is 4.79 Å². The summed E-state index contributed by atoms with van der Waals surface area (Å²) in [7, 11) is 0. The molecule has 4 aliphatic carbocycles. The van der Waals surface area contributed by atoms with Crippen molar-refractivity contribution in [3.8, 4) is 0 Å². The van der Waals surface area contributed by atoms with Crippen LogP contribution in [0, 0.1) is 51.8 Å². The van der Waals surface area contributed by atoms with E-state index in [1.807, 2.05) is 0 Å². The molecular formula is C28H48O3. The lowest BCUT2D eigenvalue weighted by molar-refractivity contribution is -0.173. The number of ketones is 1. The fourth-order valence-corrected chi connectivity index (χ4v) is 9.20. The molecule has 10 atom stereocenters. The predicted octanol–water partition coefficient (Wildman–Crippen LogP) is 6.01. The van der Waals surface area contributed by atoms with Gasteiger partial charge in [-0.15, -0.1) is 0 Å². The van der Waals surface area contributed by atoms with Gasteiger partial charge in [0.15, 0.2) is 0 Å². The summed E-state index contributed by atoms with van der Waals surface area (Å²) in [6.07, 6.45) is 9.45. The molecule has 0 saturated heterocycles. The fraction of sp³-hybridized carbons (Fsp3) is 0.964. The summed E-state index contributed by atoms with van der Waals surface area (Å²) in [5, 5.41) is 20.7. The van der Waals surface area contributed by atoms with Gasteiger partial charge >= 0.3 is 0 Å². The number of carbonyl (C=O) groups is 1. The van der Waals surface area contributed by atoms with Crippen molar-refractivity contribution in [2.24, 2.45) is 51.8 Å². The van der Waals surface area contributed by atoms with Crippen LogP contribution in [0.1, 0.15) is 106 Å². The summed E-state index contributed by atoms with van der Waals surface area (Å²) in [6, 6.07) is 0. The van der Waals surface area contributed by atoms with Crippen molar-refractivity contribution in [1.82, 2.24) is 0 Å². The van der Waals surface area contributed by atoms with Gasteiger partial charge in [-0.25, -0.2) is 0 Å². The van der Waals surface area contributed by atoms with E-state index < -0.39 is 12.2 Å². The van der Waals surface area contributed by atoms with E-state index in [0.29, 0.717) is 47.2 Å².